The highest BCUT2D eigenvalue weighted by Crippen LogP contribution is 2.21. The van der Waals surface area contributed by atoms with Crippen LogP contribution in [0.25, 0.3) is 5.69 Å². The minimum atomic E-state index is -0.293. The molecule has 1 amide bonds. The molecule has 1 aliphatic rings. The Kier molecular flexibility index (Phi) is 4.89. The standard InChI is InChI=1S/C19H20FN5OS/c1-2-17-16(13-22-25(17)15-5-3-14(20)4-6-15)18(26)23-8-10-24(11-9-23)19-21-7-12-27-19/h3-7,12-13H,2,8-11H2,1H3. The summed E-state index contributed by atoms with van der Waals surface area (Å²) in [6, 6.07) is 6.14. The fourth-order valence-electron chi connectivity index (χ4n) is 3.34. The molecular weight excluding hydrogens is 365 g/mol. The van der Waals surface area contributed by atoms with E-state index in [1.54, 1.807) is 40.5 Å². The summed E-state index contributed by atoms with van der Waals surface area (Å²) in [7, 11) is 0. The monoisotopic (exact) mass is 385 g/mol. The van der Waals surface area contributed by atoms with Crippen molar-refractivity contribution in [1.82, 2.24) is 19.7 Å². The number of nitrogens with zero attached hydrogens (tertiary/aromatic N) is 5. The minimum Gasteiger partial charge on any atom is -0.345 e. The van der Waals surface area contributed by atoms with E-state index in [1.165, 1.54) is 12.1 Å². The van der Waals surface area contributed by atoms with Crippen molar-refractivity contribution in [2.45, 2.75) is 13.3 Å². The molecule has 0 radical (unpaired) electrons. The maximum atomic E-state index is 13.2. The zero-order valence-electron chi connectivity index (χ0n) is 15.0. The van der Waals surface area contributed by atoms with Crippen LogP contribution in [0.15, 0.2) is 42.0 Å². The number of benzene rings is 1. The Morgan fingerprint density at radius 2 is 1.93 bits per heavy atom. The van der Waals surface area contributed by atoms with Crippen LogP contribution in [0.3, 0.4) is 0 Å². The number of rotatable bonds is 4. The van der Waals surface area contributed by atoms with Crippen molar-refractivity contribution in [3.63, 3.8) is 0 Å². The van der Waals surface area contributed by atoms with Crippen LogP contribution in [0.5, 0.6) is 0 Å². The van der Waals surface area contributed by atoms with E-state index < -0.39 is 0 Å². The Labute approximate surface area is 160 Å². The van der Waals surface area contributed by atoms with Crippen LogP contribution in [-0.2, 0) is 6.42 Å². The second-order valence-corrected chi connectivity index (χ2v) is 7.21. The minimum absolute atomic E-state index is 0.000926. The molecule has 2 aromatic heterocycles. The summed E-state index contributed by atoms with van der Waals surface area (Å²) < 4.78 is 14.9. The van der Waals surface area contributed by atoms with Crippen molar-refractivity contribution in [1.29, 1.82) is 0 Å². The first-order valence-corrected chi connectivity index (χ1v) is 9.82. The third-order valence-electron chi connectivity index (χ3n) is 4.76. The first-order valence-electron chi connectivity index (χ1n) is 8.94. The highest BCUT2D eigenvalue weighted by atomic mass is 32.1. The molecule has 0 spiro atoms. The third-order valence-corrected chi connectivity index (χ3v) is 5.59. The van der Waals surface area contributed by atoms with Gasteiger partial charge in [0.1, 0.15) is 5.82 Å². The lowest BCUT2D eigenvalue weighted by molar-refractivity contribution is 0.0745. The molecule has 0 saturated carbocycles. The number of carbonyl (C=O) groups is 1. The molecule has 3 aromatic rings. The molecule has 8 heteroatoms. The molecule has 4 rings (SSSR count). The zero-order chi connectivity index (χ0) is 18.8. The molecule has 1 aliphatic heterocycles. The molecule has 1 saturated heterocycles. The number of thiazole rings is 1. The molecule has 27 heavy (non-hydrogen) atoms. The Bertz CT molecular complexity index is 914. The lowest BCUT2D eigenvalue weighted by Gasteiger charge is -2.34. The van der Waals surface area contributed by atoms with E-state index in [2.05, 4.69) is 15.0 Å². The van der Waals surface area contributed by atoms with E-state index >= 15 is 0 Å². The normalized spacial score (nSPS) is 14.6. The molecule has 1 fully saturated rings. The smallest absolute Gasteiger partial charge is 0.257 e. The third kappa shape index (κ3) is 3.44. The van der Waals surface area contributed by atoms with Gasteiger partial charge in [0.2, 0.25) is 0 Å². The van der Waals surface area contributed by atoms with Gasteiger partial charge in [-0.05, 0) is 30.7 Å². The Hall–Kier alpha value is -2.74. The molecule has 0 aliphatic carbocycles. The summed E-state index contributed by atoms with van der Waals surface area (Å²) in [5.74, 6) is -0.294. The van der Waals surface area contributed by atoms with Crippen LogP contribution < -0.4 is 4.90 Å². The van der Waals surface area contributed by atoms with E-state index in [4.69, 9.17) is 0 Å². The van der Waals surface area contributed by atoms with E-state index in [0.717, 1.165) is 29.6 Å². The molecule has 1 aromatic carbocycles. The molecule has 0 unspecified atom stereocenters. The summed E-state index contributed by atoms with van der Waals surface area (Å²) in [5, 5.41) is 7.35. The molecule has 0 N–H and O–H groups in total. The number of anilines is 1. The molecule has 6 nitrogen and oxygen atoms in total. The first-order chi connectivity index (χ1) is 13.2. The average molecular weight is 385 g/mol. The van der Waals surface area contributed by atoms with Gasteiger partial charge in [0.15, 0.2) is 5.13 Å². The Balaban J connectivity index is 1.52. The van der Waals surface area contributed by atoms with E-state index in [-0.39, 0.29) is 11.7 Å². The van der Waals surface area contributed by atoms with Crippen LogP contribution in [0, 0.1) is 5.82 Å². The summed E-state index contributed by atoms with van der Waals surface area (Å²) >= 11 is 1.61. The van der Waals surface area contributed by atoms with Crippen molar-refractivity contribution in [2.24, 2.45) is 0 Å². The van der Waals surface area contributed by atoms with Gasteiger partial charge in [0.05, 0.1) is 23.1 Å². The molecule has 140 valence electrons. The molecule has 0 bridgehead atoms. The second kappa shape index (κ2) is 7.48. The maximum Gasteiger partial charge on any atom is 0.257 e. The second-order valence-electron chi connectivity index (χ2n) is 6.34. The van der Waals surface area contributed by atoms with Crippen LogP contribution >= 0.6 is 11.3 Å². The average Bonchev–Trinajstić information content (AvgIpc) is 3.38. The lowest BCUT2D eigenvalue weighted by atomic mass is 10.1. The van der Waals surface area contributed by atoms with Crippen LogP contribution in [-0.4, -0.2) is 51.8 Å². The molecule has 0 atom stereocenters. The largest absolute Gasteiger partial charge is 0.345 e. The highest BCUT2D eigenvalue weighted by molar-refractivity contribution is 7.13. The fourth-order valence-corrected chi connectivity index (χ4v) is 4.04. The van der Waals surface area contributed by atoms with Crippen molar-refractivity contribution >= 4 is 22.4 Å². The number of hydrogen-bond donors (Lipinski definition) is 0. The predicted molar refractivity (Wildman–Crippen MR) is 103 cm³/mol. The van der Waals surface area contributed by atoms with E-state index in [0.29, 0.717) is 25.1 Å². The van der Waals surface area contributed by atoms with Gasteiger partial charge in [0.25, 0.3) is 5.91 Å². The van der Waals surface area contributed by atoms with Gasteiger partial charge in [-0.1, -0.05) is 6.92 Å². The van der Waals surface area contributed by atoms with Crippen molar-refractivity contribution in [3.05, 3.63) is 59.1 Å². The summed E-state index contributed by atoms with van der Waals surface area (Å²) in [6.07, 6.45) is 4.09. The Morgan fingerprint density at radius 3 is 2.56 bits per heavy atom. The fraction of sp³-hybridized carbons (Fsp3) is 0.316. The number of piperazine rings is 1. The van der Waals surface area contributed by atoms with Crippen LogP contribution in [0.1, 0.15) is 23.0 Å². The first kappa shape index (κ1) is 17.7. The quantitative estimate of drug-likeness (QED) is 0.693. The predicted octanol–water partition coefficient (Wildman–Crippen LogP) is 2.99. The van der Waals surface area contributed by atoms with Gasteiger partial charge in [-0.3, -0.25) is 4.79 Å². The van der Waals surface area contributed by atoms with Crippen LogP contribution in [0.4, 0.5) is 9.52 Å². The zero-order valence-corrected chi connectivity index (χ0v) is 15.8. The van der Waals surface area contributed by atoms with Gasteiger partial charge in [-0.2, -0.15) is 5.10 Å². The summed E-state index contributed by atoms with van der Waals surface area (Å²) in [5.41, 5.74) is 2.21. The molecule has 3 heterocycles. The van der Waals surface area contributed by atoms with Crippen molar-refractivity contribution < 1.29 is 9.18 Å². The van der Waals surface area contributed by atoms with Gasteiger partial charge < -0.3 is 9.80 Å². The topological polar surface area (TPSA) is 54.3 Å². The van der Waals surface area contributed by atoms with Crippen molar-refractivity contribution in [3.8, 4) is 5.69 Å². The van der Waals surface area contributed by atoms with Gasteiger partial charge in [-0.15, -0.1) is 11.3 Å². The lowest BCUT2D eigenvalue weighted by Crippen LogP contribution is -2.48. The number of halogens is 1. The van der Waals surface area contributed by atoms with E-state index in [9.17, 15) is 9.18 Å². The van der Waals surface area contributed by atoms with Gasteiger partial charge in [-0.25, -0.2) is 14.1 Å². The summed E-state index contributed by atoms with van der Waals surface area (Å²) in [4.78, 5) is 21.5. The molecular formula is C19H20FN5OS. The highest BCUT2D eigenvalue weighted by Gasteiger charge is 2.26. The van der Waals surface area contributed by atoms with Gasteiger partial charge >= 0.3 is 0 Å². The van der Waals surface area contributed by atoms with Crippen molar-refractivity contribution in [2.75, 3.05) is 31.1 Å². The van der Waals surface area contributed by atoms with Gasteiger partial charge in [0, 0.05) is 37.8 Å². The number of amides is 1. The maximum absolute atomic E-state index is 13.2. The SMILES string of the molecule is CCc1c(C(=O)N2CCN(c3nccs3)CC2)cnn1-c1ccc(F)cc1. The summed E-state index contributed by atoms with van der Waals surface area (Å²) in [6.45, 7) is 4.85. The van der Waals surface area contributed by atoms with Crippen LogP contribution in [0.2, 0.25) is 0 Å². The number of carbonyl (C=O) groups excluding carboxylic acids is 1. The van der Waals surface area contributed by atoms with E-state index in [1.807, 2.05) is 17.2 Å². The Morgan fingerprint density at radius 1 is 1.19 bits per heavy atom. The number of hydrogen-bond acceptors (Lipinski definition) is 5. The number of aromatic nitrogens is 3.